The lowest BCUT2D eigenvalue weighted by Crippen LogP contribution is -2.10. The second-order valence-electron chi connectivity index (χ2n) is 7.19. The summed E-state index contributed by atoms with van der Waals surface area (Å²) in [5, 5.41) is 0.492. The van der Waals surface area contributed by atoms with E-state index in [1.807, 2.05) is 6.08 Å². The minimum absolute atomic E-state index is 0.120. The molecular weight excluding hydrogens is 404 g/mol. The van der Waals surface area contributed by atoms with Crippen molar-refractivity contribution < 1.29 is 23.8 Å². The average Bonchev–Trinajstić information content (AvgIpc) is 2.73. The Morgan fingerprint density at radius 3 is 2.33 bits per heavy atom. The smallest absolute Gasteiger partial charge is 0.311 e. The zero-order valence-corrected chi connectivity index (χ0v) is 19.0. The van der Waals surface area contributed by atoms with E-state index in [0.717, 1.165) is 6.42 Å². The molecule has 0 saturated heterocycles. The van der Waals surface area contributed by atoms with E-state index in [0.29, 0.717) is 22.9 Å². The number of unbranched alkanes of at least 4 members (excludes halogenated alkanes) is 7. The van der Waals surface area contributed by atoms with E-state index in [4.69, 9.17) is 25.8 Å². The topological polar surface area (TPSA) is 61.8 Å². The fraction of sp³-hybridized carbons (Fsp3) is 0.583. The minimum atomic E-state index is -0.432. The molecule has 1 aromatic rings. The predicted octanol–water partition coefficient (Wildman–Crippen LogP) is 6.66. The first-order valence-electron chi connectivity index (χ1n) is 10.9. The van der Waals surface area contributed by atoms with Crippen molar-refractivity contribution in [2.75, 3.05) is 13.7 Å². The van der Waals surface area contributed by atoms with E-state index >= 15 is 0 Å². The SMILES string of the molecule is CCCCCCCCC/C=C/COC(=O)CCCC(=O)Oc1ccc(Cl)cc1OC. The van der Waals surface area contributed by atoms with E-state index < -0.39 is 5.97 Å². The molecule has 30 heavy (non-hydrogen) atoms. The highest BCUT2D eigenvalue weighted by molar-refractivity contribution is 6.30. The zero-order chi connectivity index (χ0) is 22.0. The van der Waals surface area contributed by atoms with Crippen molar-refractivity contribution in [2.45, 2.75) is 77.6 Å². The van der Waals surface area contributed by atoms with Gasteiger partial charge in [-0.1, -0.05) is 69.2 Å². The van der Waals surface area contributed by atoms with Crippen LogP contribution >= 0.6 is 11.6 Å². The normalized spacial score (nSPS) is 10.9. The Labute approximate surface area is 185 Å². The van der Waals surface area contributed by atoms with Crippen LogP contribution in [0.4, 0.5) is 0 Å². The summed E-state index contributed by atoms with van der Waals surface area (Å²) >= 11 is 5.88. The van der Waals surface area contributed by atoms with Gasteiger partial charge in [0.25, 0.3) is 0 Å². The maximum absolute atomic E-state index is 11.9. The molecule has 6 heteroatoms. The lowest BCUT2D eigenvalue weighted by atomic mass is 10.1. The summed E-state index contributed by atoms with van der Waals surface area (Å²) < 4.78 is 15.5. The number of benzene rings is 1. The molecule has 5 nitrogen and oxygen atoms in total. The number of allylic oxidation sites excluding steroid dienone is 1. The Morgan fingerprint density at radius 1 is 0.900 bits per heavy atom. The van der Waals surface area contributed by atoms with Crippen LogP contribution in [0.3, 0.4) is 0 Å². The van der Waals surface area contributed by atoms with E-state index in [2.05, 4.69) is 13.0 Å². The predicted molar refractivity (Wildman–Crippen MR) is 120 cm³/mol. The molecule has 0 saturated carbocycles. The maximum atomic E-state index is 11.9. The second-order valence-corrected chi connectivity index (χ2v) is 7.62. The third kappa shape index (κ3) is 12.5. The molecule has 0 N–H and O–H groups in total. The first kappa shape index (κ1) is 26.0. The van der Waals surface area contributed by atoms with Crippen LogP contribution in [0.5, 0.6) is 11.5 Å². The molecule has 0 aliphatic rings. The van der Waals surface area contributed by atoms with Crippen LogP contribution in [0.25, 0.3) is 0 Å². The molecule has 168 valence electrons. The Bertz CT molecular complexity index is 657. The molecule has 0 bridgehead atoms. The van der Waals surface area contributed by atoms with E-state index in [1.165, 1.54) is 52.1 Å². The number of methoxy groups -OCH3 is 1. The number of rotatable bonds is 16. The lowest BCUT2D eigenvalue weighted by molar-refractivity contribution is -0.142. The van der Waals surface area contributed by atoms with Gasteiger partial charge in [-0.3, -0.25) is 9.59 Å². The first-order valence-corrected chi connectivity index (χ1v) is 11.3. The van der Waals surface area contributed by atoms with Crippen LogP contribution < -0.4 is 9.47 Å². The number of hydrogen-bond acceptors (Lipinski definition) is 5. The van der Waals surface area contributed by atoms with Gasteiger partial charge in [-0.15, -0.1) is 0 Å². The fourth-order valence-electron chi connectivity index (χ4n) is 2.89. The van der Waals surface area contributed by atoms with Crippen molar-refractivity contribution in [3.05, 3.63) is 35.4 Å². The summed E-state index contributed by atoms with van der Waals surface area (Å²) in [4.78, 5) is 23.7. The van der Waals surface area contributed by atoms with Crippen molar-refractivity contribution in [1.82, 2.24) is 0 Å². The van der Waals surface area contributed by atoms with Gasteiger partial charge in [-0.25, -0.2) is 0 Å². The lowest BCUT2D eigenvalue weighted by Gasteiger charge is -2.09. The van der Waals surface area contributed by atoms with Crippen LogP contribution in [0, 0.1) is 0 Å². The highest BCUT2D eigenvalue weighted by Crippen LogP contribution is 2.30. The van der Waals surface area contributed by atoms with Crippen molar-refractivity contribution in [3.63, 3.8) is 0 Å². The molecule has 0 fully saturated rings. The second kappa shape index (κ2) is 16.8. The minimum Gasteiger partial charge on any atom is -0.493 e. The van der Waals surface area contributed by atoms with E-state index in [1.54, 1.807) is 18.2 Å². The highest BCUT2D eigenvalue weighted by Gasteiger charge is 2.12. The van der Waals surface area contributed by atoms with Crippen LogP contribution in [0.15, 0.2) is 30.4 Å². The van der Waals surface area contributed by atoms with Gasteiger partial charge in [0, 0.05) is 23.9 Å². The quantitative estimate of drug-likeness (QED) is 0.125. The van der Waals surface area contributed by atoms with Gasteiger partial charge in [0.2, 0.25) is 0 Å². The fourth-order valence-corrected chi connectivity index (χ4v) is 3.06. The summed E-state index contributed by atoms with van der Waals surface area (Å²) in [6.45, 7) is 2.51. The number of carbonyl (C=O) groups excluding carboxylic acids is 2. The molecule has 0 aliphatic carbocycles. The highest BCUT2D eigenvalue weighted by atomic mass is 35.5. The van der Waals surface area contributed by atoms with Gasteiger partial charge in [-0.05, 0) is 31.4 Å². The molecule has 0 heterocycles. The third-order valence-corrected chi connectivity index (χ3v) is 4.83. The van der Waals surface area contributed by atoms with Gasteiger partial charge in [0.05, 0.1) is 7.11 Å². The summed E-state index contributed by atoms with van der Waals surface area (Å²) in [7, 11) is 1.47. The number of ether oxygens (including phenoxy) is 3. The van der Waals surface area contributed by atoms with Crippen molar-refractivity contribution in [3.8, 4) is 11.5 Å². The summed E-state index contributed by atoms with van der Waals surface area (Å²) in [5.41, 5.74) is 0. The van der Waals surface area contributed by atoms with Crippen molar-refractivity contribution in [2.24, 2.45) is 0 Å². The van der Waals surface area contributed by atoms with Crippen LogP contribution in [-0.4, -0.2) is 25.7 Å². The Morgan fingerprint density at radius 2 is 1.60 bits per heavy atom. The van der Waals surface area contributed by atoms with E-state index in [-0.39, 0.29) is 25.4 Å². The van der Waals surface area contributed by atoms with Gasteiger partial charge in [0.15, 0.2) is 11.5 Å². The molecule has 0 aliphatic heterocycles. The standard InChI is InChI=1S/C24H35ClO5/c1-3-4-5-6-7-8-9-10-11-12-18-29-23(26)14-13-15-24(27)30-21-17-16-20(25)19-22(21)28-2/h11-12,16-17,19H,3-10,13-15,18H2,1-2H3/b12-11+. The molecular formula is C24H35ClO5. The van der Waals surface area contributed by atoms with Crippen molar-refractivity contribution >= 4 is 23.5 Å². The summed E-state index contributed by atoms with van der Waals surface area (Å²) in [6, 6.07) is 4.76. The number of esters is 2. The largest absolute Gasteiger partial charge is 0.493 e. The van der Waals surface area contributed by atoms with Gasteiger partial charge in [-0.2, -0.15) is 0 Å². The molecule has 1 aromatic carbocycles. The number of carbonyl (C=O) groups is 2. The summed E-state index contributed by atoms with van der Waals surface area (Å²) in [5.74, 6) is -0.0513. The molecule has 0 amide bonds. The van der Waals surface area contributed by atoms with Crippen LogP contribution in [-0.2, 0) is 14.3 Å². The van der Waals surface area contributed by atoms with E-state index in [9.17, 15) is 9.59 Å². The zero-order valence-electron chi connectivity index (χ0n) is 18.3. The van der Waals surface area contributed by atoms with Gasteiger partial charge >= 0.3 is 11.9 Å². The number of hydrogen-bond donors (Lipinski definition) is 0. The monoisotopic (exact) mass is 438 g/mol. The molecule has 0 unspecified atom stereocenters. The molecule has 0 spiro atoms. The third-order valence-electron chi connectivity index (χ3n) is 4.59. The molecule has 0 atom stereocenters. The molecule has 0 aromatic heterocycles. The van der Waals surface area contributed by atoms with Gasteiger partial charge < -0.3 is 14.2 Å². The summed E-state index contributed by atoms with van der Waals surface area (Å²) in [6.07, 6.45) is 14.7. The average molecular weight is 439 g/mol. The molecule has 0 radical (unpaired) electrons. The Balaban J connectivity index is 2.07. The Kier molecular flexibility index (Phi) is 14.5. The Hall–Kier alpha value is -2.01. The van der Waals surface area contributed by atoms with Crippen molar-refractivity contribution in [1.29, 1.82) is 0 Å². The molecule has 1 rings (SSSR count). The van der Waals surface area contributed by atoms with Crippen LogP contribution in [0.1, 0.15) is 77.6 Å². The maximum Gasteiger partial charge on any atom is 0.311 e. The van der Waals surface area contributed by atoms with Gasteiger partial charge in [0.1, 0.15) is 6.61 Å². The number of halogens is 1. The first-order chi connectivity index (χ1) is 14.6. The van der Waals surface area contributed by atoms with Crippen LogP contribution in [0.2, 0.25) is 5.02 Å².